The van der Waals surface area contributed by atoms with Crippen molar-refractivity contribution in [2.45, 2.75) is 26.7 Å². The second-order valence-corrected chi connectivity index (χ2v) is 4.51. The Kier molecular flexibility index (Phi) is 4.50. The molecule has 0 aliphatic heterocycles. The van der Waals surface area contributed by atoms with Crippen LogP contribution in [0.1, 0.15) is 25.8 Å². The van der Waals surface area contributed by atoms with E-state index in [9.17, 15) is 4.39 Å². The Morgan fingerprint density at radius 2 is 1.95 bits per heavy atom. The van der Waals surface area contributed by atoms with Crippen LogP contribution in [0.2, 0.25) is 0 Å². The first-order chi connectivity index (χ1) is 9.69. The second-order valence-electron chi connectivity index (χ2n) is 4.51. The minimum Gasteiger partial charge on any atom is -0.383 e. The molecule has 4 nitrogen and oxygen atoms in total. The highest BCUT2D eigenvalue weighted by molar-refractivity contribution is 5.66. The number of nitrogens with zero attached hydrogens (tertiary/aromatic N) is 3. The van der Waals surface area contributed by atoms with Crippen molar-refractivity contribution in [3.05, 3.63) is 42.0 Å². The third-order valence-corrected chi connectivity index (χ3v) is 3.17. The molecule has 2 rings (SSSR count). The molecule has 0 radical (unpaired) electrons. The van der Waals surface area contributed by atoms with E-state index in [1.807, 2.05) is 17.9 Å². The summed E-state index contributed by atoms with van der Waals surface area (Å²) in [5, 5.41) is 0. The molecular weight excluding hydrogens is 255 g/mol. The van der Waals surface area contributed by atoms with Crippen LogP contribution in [-0.2, 0) is 6.42 Å². The van der Waals surface area contributed by atoms with Crippen LogP contribution < -0.4 is 10.6 Å². The Labute approximate surface area is 118 Å². The van der Waals surface area contributed by atoms with Gasteiger partial charge in [0, 0.05) is 12.1 Å². The second kappa shape index (κ2) is 6.32. The van der Waals surface area contributed by atoms with Crippen molar-refractivity contribution >= 4 is 17.3 Å². The molecule has 20 heavy (non-hydrogen) atoms. The molecule has 2 N–H and O–H groups in total. The summed E-state index contributed by atoms with van der Waals surface area (Å²) < 4.78 is 14.0. The van der Waals surface area contributed by atoms with Crippen LogP contribution in [0, 0.1) is 5.82 Å². The summed E-state index contributed by atoms with van der Waals surface area (Å²) in [5.41, 5.74) is 7.32. The van der Waals surface area contributed by atoms with Gasteiger partial charge < -0.3 is 10.6 Å². The molecule has 2 aromatic rings. The molecule has 0 spiro atoms. The molecule has 0 saturated heterocycles. The molecular formula is C15H19FN4. The normalized spacial score (nSPS) is 10.6. The number of nitrogens with two attached hydrogens (primary N) is 1. The van der Waals surface area contributed by atoms with Crippen molar-refractivity contribution in [2.24, 2.45) is 0 Å². The summed E-state index contributed by atoms with van der Waals surface area (Å²) in [4.78, 5) is 10.2. The first-order valence-corrected chi connectivity index (χ1v) is 6.80. The zero-order chi connectivity index (χ0) is 14.5. The van der Waals surface area contributed by atoms with Crippen molar-refractivity contribution in [1.29, 1.82) is 0 Å². The third kappa shape index (κ3) is 2.71. The quantitative estimate of drug-likeness (QED) is 0.908. The van der Waals surface area contributed by atoms with Gasteiger partial charge in [-0.1, -0.05) is 25.5 Å². The van der Waals surface area contributed by atoms with E-state index in [-0.39, 0.29) is 5.82 Å². The van der Waals surface area contributed by atoms with Gasteiger partial charge in [0.2, 0.25) is 0 Å². The molecule has 0 saturated carbocycles. The van der Waals surface area contributed by atoms with Crippen molar-refractivity contribution in [2.75, 3.05) is 17.2 Å². The van der Waals surface area contributed by atoms with Gasteiger partial charge in [-0.2, -0.15) is 0 Å². The average molecular weight is 274 g/mol. The number of benzene rings is 1. The van der Waals surface area contributed by atoms with Crippen LogP contribution in [0.4, 0.5) is 21.7 Å². The highest BCUT2D eigenvalue weighted by Crippen LogP contribution is 2.30. The summed E-state index contributed by atoms with van der Waals surface area (Å²) in [6.45, 7) is 4.63. The minimum absolute atomic E-state index is 0.269. The van der Waals surface area contributed by atoms with Crippen molar-refractivity contribution < 1.29 is 4.39 Å². The Morgan fingerprint density at radius 3 is 2.60 bits per heavy atom. The SMILES string of the molecule is CCCc1c(N)ncnc1N(CC)c1ccccc1F. The molecule has 0 aliphatic rings. The molecule has 0 atom stereocenters. The van der Waals surface area contributed by atoms with E-state index in [0.29, 0.717) is 23.9 Å². The van der Waals surface area contributed by atoms with Gasteiger partial charge in [-0.15, -0.1) is 0 Å². The Balaban J connectivity index is 2.53. The summed E-state index contributed by atoms with van der Waals surface area (Å²) in [5.74, 6) is 0.882. The van der Waals surface area contributed by atoms with Gasteiger partial charge in [0.25, 0.3) is 0 Å². The van der Waals surface area contributed by atoms with Crippen LogP contribution in [0.5, 0.6) is 0 Å². The van der Waals surface area contributed by atoms with E-state index < -0.39 is 0 Å². The highest BCUT2D eigenvalue weighted by atomic mass is 19.1. The summed E-state index contributed by atoms with van der Waals surface area (Å²) in [6, 6.07) is 6.67. The molecule has 5 heteroatoms. The number of halogens is 1. The number of hydrogen-bond acceptors (Lipinski definition) is 4. The molecule has 0 bridgehead atoms. The fourth-order valence-electron chi connectivity index (χ4n) is 2.24. The van der Waals surface area contributed by atoms with Gasteiger partial charge in [-0.05, 0) is 25.5 Å². The molecule has 0 unspecified atom stereocenters. The van der Waals surface area contributed by atoms with Crippen molar-refractivity contribution in [3.8, 4) is 0 Å². The Hall–Kier alpha value is -2.17. The highest BCUT2D eigenvalue weighted by Gasteiger charge is 2.18. The molecule has 1 aromatic heterocycles. The first kappa shape index (κ1) is 14.2. The van der Waals surface area contributed by atoms with E-state index in [2.05, 4.69) is 16.9 Å². The van der Waals surface area contributed by atoms with Crippen LogP contribution in [0.15, 0.2) is 30.6 Å². The minimum atomic E-state index is -0.269. The molecule has 1 aromatic carbocycles. The topological polar surface area (TPSA) is 55.0 Å². The Bertz CT molecular complexity index is 586. The van der Waals surface area contributed by atoms with E-state index in [0.717, 1.165) is 18.4 Å². The molecule has 0 aliphatic carbocycles. The fraction of sp³-hybridized carbons (Fsp3) is 0.333. The lowest BCUT2D eigenvalue weighted by molar-refractivity contribution is 0.625. The maximum Gasteiger partial charge on any atom is 0.146 e. The summed E-state index contributed by atoms with van der Waals surface area (Å²) in [7, 11) is 0. The van der Waals surface area contributed by atoms with E-state index in [1.165, 1.54) is 12.4 Å². The maximum atomic E-state index is 14.0. The first-order valence-electron chi connectivity index (χ1n) is 6.80. The van der Waals surface area contributed by atoms with Gasteiger partial charge in [-0.25, -0.2) is 14.4 Å². The zero-order valence-electron chi connectivity index (χ0n) is 11.8. The van der Waals surface area contributed by atoms with Gasteiger partial charge in [0.15, 0.2) is 0 Å². The average Bonchev–Trinajstić information content (AvgIpc) is 2.45. The van der Waals surface area contributed by atoms with Crippen LogP contribution >= 0.6 is 0 Å². The fourth-order valence-corrected chi connectivity index (χ4v) is 2.24. The number of aromatic nitrogens is 2. The standard InChI is InChI=1S/C15H19FN4/c1-3-7-11-14(17)18-10-19-15(11)20(4-2)13-9-6-5-8-12(13)16/h5-6,8-10H,3-4,7H2,1-2H3,(H2,17,18,19). The van der Waals surface area contributed by atoms with E-state index in [1.54, 1.807) is 12.1 Å². The number of rotatable bonds is 5. The van der Waals surface area contributed by atoms with E-state index >= 15 is 0 Å². The number of nitrogen functional groups attached to an aromatic ring is 1. The van der Waals surface area contributed by atoms with Crippen LogP contribution in [0.3, 0.4) is 0 Å². The van der Waals surface area contributed by atoms with Gasteiger partial charge in [-0.3, -0.25) is 0 Å². The predicted octanol–water partition coefficient (Wildman–Crippen LogP) is 3.31. The van der Waals surface area contributed by atoms with Gasteiger partial charge >= 0.3 is 0 Å². The van der Waals surface area contributed by atoms with Crippen molar-refractivity contribution in [1.82, 2.24) is 9.97 Å². The van der Waals surface area contributed by atoms with Gasteiger partial charge in [0.05, 0.1) is 5.69 Å². The Morgan fingerprint density at radius 1 is 1.20 bits per heavy atom. The lowest BCUT2D eigenvalue weighted by Crippen LogP contribution is -2.21. The monoisotopic (exact) mass is 274 g/mol. The summed E-state index contributed by atoms with van der Waals surface area (Å²) >= 11 is 0. The number of anilines is 3. The largest absolute Gasteiger partial charge is 0.383 e. The molecule has 0 fully saturated rings. The number of para-hydroxylation sites is 1. The smallest absolute Gasteiger partial charge is 0.146 e. The van der Waals surface area contributed by atoms with Crippen LogP contribution in [-0.4, -0.2) is 16.5 Å². The predicted molar refractivity (Wildman–Crippen MR) is 79.5 cm³/mol. The lowest BCUT2D eigenvalue weighted by Gasteiger charge is -2.25. The number of hydrogen-bond donors (Lipinski definition) is 1. The van der Waals surface area contributed by atoms with E-state index in [4.69, 9.17) is 5.73 Å². The molecule has 106 valence electrons. The zero-order valence-corrected chi connectivity index (χ0v) is 11.8. The summed E-state index contributed by atoms with van der Waals surface area (Å²) in [6.07, 6.45) is 3.12. The third-order valence-electron chi connectivity index (χ3n) is 3.17. The maximum absolute atomic E-state index is 14.0. The molecule has 0 amide bonds. The van der Waals surface area contributed by atoms with Gasteiger partial charge in [0.1, 0.15) is 23.8 Å². The van der Waals surface area contributed by atoms with Crippen LogP contribution in [0.25, 0.3) is 0 Å². The lowest BCUT2D eigenvalue weighted by atomic mass is 10.1. The van der Waals surface area contributed by atoms with Crippen molar-refractivity contribution in [3.63, 3.8) is 0 Å². The molecule has 1 heterocycles.